The zero-order valence-electron chi connectivity index (χ0n) is 13.7. The van der Waals surface area contributed by atoms with Crippen molar-refractivity contribution in [1.29, 1.82) is 0 Å². The normalized spacial score (nSPS) is 11.5. The Hall–Kier alpha value is -2.94. The highest BCUT2D eigenvalue weighted by Crippen LogP contribution is 2.29. The largest absolute Gasteiger partial charge is 0.497 e. The van der Waals surface area contributed by atoms with Crippen molar-refractivity contribution >= 4 is 20.9 Å². The average Bonchev–Trinajstić information content (AvgIpc) is 2.59. The van der Waals surface area contributed by atoms with Crippen molar-refractivity contribution < 1.29 is 17.9 Å². The number of nitrogens with one attached hydrogen (secondary N) is 1. The van der Waals surface area contributed by atoms with Gasteiger partial charge in [0.1, 0.15) is 17.1 Å². The molecule has 0 spiro atoms. The van der Waals surface area contributed by atoms with Gasteiger partial charge in [-0.15, -0.1) is 0 Å². The highest BCUT2D eigenvalue weighted by atomic mass is 32.2. The summed E-state index contributed by atoms with van der Waals surface area (Å²) in [6, 6.07) is 6.68. The van der Waals surface area contributed by atoms with Gasteiger partial charge >= 0.3 is 0 Å². The molecule has 0 fully saturated rings. The fraction of sp³-hybridized carbons (Fsp3) is 0.188. The molecule has 130 valence electrons. The first-order chi connectivity index (χ1) is 11.8. The van der Waals surface area contributed by atoms with Gasteiger partial charge in [0.25, 0.3) is 5.56 Å². The van der Waals surface area contributed by atoms with Crippen molar-refractivity contribution in [3.8, 4) is 22.6 Å². The van der Waals surface area contributed by atoms with Crippen LogP contribution in [0.1, 0.15) is 0 Å². The molecule has 2 aromatic heterocycles. The number of hydrogen-bond donors (Lipinski definition) is 1. The smallest absolute Gasteiger partial charge is 0.257 e. The monoisotopic (exact) mass is 361 g/mol. The van der Waals surface area contributed by atoms with Crippen molar-refractivity contribution in [3.63, 3.8) is 0 Å². The average molecular weight is 361 g/mol. The second kappa shape index (κ2) is 6.17. The van der Waals surface area contributed by atoms with E-state index < -0.39 is 15.4 Å². The predicted octanol–water partition coefficient (Wildman–Crippen LogP) is 1.41. The molecular formula is C16H15N3O5S. The van der Waals surface area contributed by atoms with Crippen molar-refractivity contribution in [1.82, 2.24) is 15.0 Å². The molecule has 8 nitrogen and oxygen atoms in total. The SMILES string of the molecule is COc1cc(OC)cc(-c2cc3cnc(S(C)(=O)=O)nc3[nH]c2=O)c1. The molecule has 1 aromatic carbocycles. The molecule has 3 aromatic rings. The molecular weight excluding hydrogens is 346 g/mol. The Balaban J connectivity index is 2.22. The standard InChI is InChI=1S/C16H15N3O5S/c1-23-11-4-9(5-12(7-11)24-2)13-6-10-8-17-16(25(3,21)22)19-14(10)18-15(13)20/h4-8H,1-3H3,(H,17,18,19,20). The molecule has 0 unspecified atom stereocenters. The number of aromatic amines is 1. The van der Waals surface area contributed by atoms with Gasteiger partial charge in [0.2, 0.25) is 15.0 Å². The van der Waals surface area contributed by atoms with Crippen LogP contribution in [0.3, 0.4) is 0 Å². The molecule has 0 saturated carbocycles. The van der Waals surface area contributed by atoms with Crippen LogP contribution in [-0.2, 0) is 9.84 Å². The van der Waals surface area contributed by atoms with E-state index in [1.54, 1.807) is 24.3 Å². The van der Waals surface area contributed by atoms with Crippen molar-refractivity contribution in [3.05, 3.63) is 40.8 Å². The Kier molecular flexibility index (Phi) is 4.17. The molecule has 0 aliphatic heterocycles. The second-order valence-electron chi connectivity index (χ2n) is 5.34. The minimum absolute atomic E-state index is 0.152. The maximum atomic E-state index is 12.4. The van der Waals surface area contributed by atoms with Crippen LogP contribution in [0, 0.1) is 0 Å². The molecule has 0 saturated heterocycles. The van der Waals surface area contributed by atoms with Gasteiger partial charge in [0.15, 0.2) is 0 Å². The summed E-state index contributed by atoms with van der Waals surface area (Å²) in [4.78, 5) is 22.8. The summed E-state index contributed by atoms with van der Waals surface area (Å²) in [5.74, 6) is 1.08. The van der Waals surface area contributed by atoms with Crippen LogP contribution in [0.5, 0.6) is 11.5 Å². The van der Waals surface area contributed by atoms with Crippen molar-refractivity contribution in [2.75, 3.05) is 20.5 Å². The minimum Gasteiger partial charge on any atom is -0.497 e. The van der Waals surface area contributed by atoms with E-state index in [2.05, 4.69) is 15.0 Å². The number of pyridine rings is 1. The van der Waals surface area contributed by atoms with Gasteiger partial charge in [0, 0.05) is 29.5 Å². The molecule has 2 heterocycles. The van der Waals surface area contributed by atoms with E-state index in [1.807, 2.05) is 0 Å². The molecule has 0 aliphatic rings. The molecule has 0 aliphatic carbocycles. The molecule has 0 amide bonds. The third kappa shape index (κ3) is 3.31. The summed E-state index contributed by atoms with van der Waals surface area (Å²) in [7, 11) is -0.530. The van der Waals surface area contributed by atoms with E-state index >= 15 is 0 Å². The third-order valence-corrected chi connectivity index (χ3v) is 4.43. The van der Waals surface area contributed by atoms with Crippen LogP contribution in [0.25, 0.3) is 22.2 Å². The van der Waals surface area contributed by atoms with Gasteiger partial charge in [0.05, 0.1) is 14.2 Å². The predicted molar refractivity (Wildman–Crippen MR) is 91.8 cm³/mol. The first-order valence-corrected chi connectivity index (χ1v) is 9.04. The number of fused-ring (bicyclic) bond motifs is 1. The van der Waals surface area contributed by atoms with Gasteiger partial charge < -0.3 is 14.5 Å². The van der Waals surface area contributed by atoms with Crippen molar-refractivity contribution in [2.45, 2.75) is 5.16 Å². The molecule has 25 heavy (non-hydrogen) atoms. The Labute approximate surface area is 143 Å². The second-order valence-corrected chi connectivity index (χ2v) is 7.25. The molecule has 0 atom stereocenters. The summed E-state index contributed by atoms with van der Waals surface area (Å²) < 4.78 is 33.5. The van der Waals surface area contributed by atoms with Gasteiger partial charge in [-0.05, 0) is 23.8 Å². The summed E-state index contributed by atoms with van der Waals surface area (Å²) in [5.41, 5.74) is 0.687. The number of methoxy groups -OCH3 is 2. The van der Waals surface area contributed by atoms with Crippen molar-refractivity contribution in [2.24, 2.45) is 0 Å². The quantitative estimate of drug-likeness (QED) is 0.699. The van der Waals surface area contributed by atoms with Crippen LogP contribution in [0.15, 0.2) is 40.4 Å². The van der Waals surface area contributed by atoms with E-state index in [9.17, 15) is 13.2 Å². The Morgan fingerprint density at radius 1 is 1.04 bits per heavy atom. The van der Waals surface area contributed by atoms with E-state index in [0.29, 0.717) is 28.0 Å². The lowest BCUT2D eigenvalue weighted by Crippen LogP contribution is -2.12. The number of hydrogen-bond acceptors (Lipinski definition) is 7. The summed E-state index contributed by atoms with van der Waals surface area (Å²) in [5, 5.41) is 0.162. The number of ether oxygens (including phenoxy) is 2. The first kappa shape index (κ1) is 16.9. The highest BCUT2D eigenvalue weighted by molar-refractivity contribution is 7.90. The molecule has 0 radical (unpaired) electrons. The van der Waals surface area contributed by atoms with E-state index in [4.69, 9.17) is 9.47 Å². The molecule has 1 N–H and O–H groups in total. The molecule has 3 rings (SSSR count). The van der Waals surface area contributed by atoms with Crippen LogP contribution in [0.4, 0.5) is 0 Å². The maximum absolute atomic E-state index is 12.4. The van der Waals surface area contributed by atoms with Crippen LogP contribution < -0.4 is 15.0 Å². The number of H-pyrrole nitrogens is 1. The fourth-order valence-corrected chi connectivity index (χ4v) is 2.83. The number of aromatic nitrogens is 3. The lowest BCUT2D eigenvalue weighted by atomic mass is 10.1. The van der Waals surface area contributed by atoms with Crippen LogP contribution >= 0.6 is 0 Å². The Morgan fingerprint density at radius 2 is 1.68 bits per heavy atom. The highest BCUT2D eigenvalue weighted by Gasteiger charge is 2.14. The summed E-state index contributed by atoms with van der Waals surface area (Å²) >= 11 is 0. The number of nitrogens with zero attached hydrogens (tertiary/aromatic N) is 2. The number of benzene rings is 1. The van der Waals surface area contributed by atoms with Crippen LogP contribution in [-0.4, -0.2) is 43.8 Å². The van der Waals surface area contributed by atoms with E-state index in [-0.39, 0.29) is 10.8 Å². The maximum Gasteiger partial charge on any atom is 0.257 e. The Morgan fingerprint density at radius 3 is 2.24 bits per heavy atom. The van der Waals surface area contributed by atoms with Gasteiger partial charge in [-0.1, -0.05) is 0 Å². The molecule has 0 bridgehead atoms. The fourth-order valence-electron chi connectivity index (χ4n) is 2.33. The summed E-state index contributed by atoms with van der Waals surface area (Å²) in [6.45, 7) is 0. The van der Waals surface area contributed by atoms with Gasteiger partial charge in [-0.2, -0.15) is 0 Å². The number of sulfone groups is 1. The van der Waals surface area contributed by atoms with Crippen LogP contribution in [0.2, 0.25) is 0 Å². The van der Waals surface area contributed by atoms with Gasteiger partial charge in [-0.25, -0.2) is 18.4 Å². The van der Waals surface area contributed by atoms with E-state index in [0.717, 1.165) is 6.26 Å². The first-order valence-electron chi connectivity index (χ1n) is 7.15. The zero-order valence-corrected chi connectivity index (χ0v) is 14.5. The molecule has 9 heteroatoms. The third-order valence-electron chi connectivity index (χ3n) is 3.57. The lowest BCUT2D eigenvalue weighted by molar-refractivity contribution is 0.394. The number of rotatable bonds is 4. The zero-order chi connectivity index (χ0) is 18.2. The summed E-state index contributed by atoms with van der Waals surface area (Å²) in [6.07, 6.45) is 2.36. The lowest BCUT2D eigenvalue weighted by Gasteiger charge is -2.09. The topological polar surface area (TPSA) is 111 Å². The minimum atomic E-state index is -3.56. The van der Waals surface area contributed by atoms with Gasteiger partial charge in [-0.3, -0.25) is 4.79 Å². The Bertz CT molecular complexity index is 1100. The van der Waals surface area contributed by atoms with E-state index in [1.165, 1.54) is 20.4 Å².